The van der Waals surface area contributed by atoms with E-state index in [-0.39, 0.29) is 17.7 Å². The van der Waals surface area contributed by atoms with E-state index in [2.05, 4.69) is 0 Å². The maximum Gasteiger partial charge on any atom is 0.340 e. The topological polar surface area (TPSA) is 69.3 Å². The Morgan fingerprint density at radius 3 is 2.04 bits per heavy atom. The maximum atomic E-state index is 13.1. The third-order valence-corrected chi connectivity index (χ3v) is 4.53. The molecule has 2 heterocycles. The fraction of sp³-hybridized carbons (Fsp3) is 0.150. The van der Waals surface area contributed by atoms with Gasteiger partial charge in [-0.25, -0.2) is 13.8 Å². The lowest BCUT2D eigenvalue weighted by molar-refractivity contribution is 0.0526. The first kappa shape index (κ1) is 16.1. The number of hydrogen-bond acceptors (Lipinski definition) is 4. The summed E-state index contributed by atoms with van der Waals surface area (Å²) in [4.78, 5) is 38.7. The second kappa shape index (κ2) is 5.84. The molecule has 0 bridgehead atoms. The Kier molecular flexibility index (Phi) is 3.61. The van der Waals surface area contributed by atoms with Crippen LogP contribution in [0.5, 0.6) is 0 Å². The quantitative estimate of drug-likeness (QED) is 0.317. The van der Waals surface area contributed by atoms with Crippen molar-refractivity contribution < 1.29 is 9.53 Å². The summed E-state index contributed by atoms with van der Waals surface area (Å²) in [6.07, 6.45) is 0. The minimum absolute atomic E-state index is 0.219. The van der Waals surface area contributed by atoms with E-state index >= 15 is 0 Å². The van der Waals surface area contributed by atoms with E-state index in [9.17, 15) is 14.4 Å². The van der Waals surface area contributed by atoms with Crippen LogP contribution in [0.1, 0.15) is 23.0 Å². The molecular formula is C20H16N2O4. The van der Waals surface area contributed by atoms with Crippen molar-refractivity contribution in [2.45, 2.75) is 13.8 Å². The molecule has 2 aromatic carbocycles. The van der Waals surface area contributed by atoms with Crippen molar-refractivity contribution >= 4 is 27.6 Å². The van der Waals surface area contributed by atoms with E-state index in [0.29, 0.717) is 32.9 Å². The van der Waals surface area contributed by atoms with Gasteiger partial charge in [-0.3, -0.25) is 9.59 Å². The van der Waals surface area contributed by atoms with E-state index in [0.717, 1.165) is 0 Å². The standard InChI is InChI=1S/C20H16N2O4/c1-3-26-20(25)17-12(2)21-18(23)13-8-4-5-9-14(13)19(24)22(21)16-11-7-6-10-15(16)17/h4-11H,3H2,1-2H3. The lowest BCUT2D eigenvalue weighted by atomic mass is 10.1. The van der Waals surface area contributed by atoms with Crippen LogP contribution in [0.25, 0.3) is 21.7 Å². The molecule has 0 atom stereocenters. The van der Waals surface area contributed by atoms with Crippen molar-refractivity contribution in [2.75, 3.05) is 6.61 Å². The second-order valence-corrected chi connectivity index (χ2v) is 5.98. The number of benzene rings is 2. The molecule has 6 heteroatoms. The van der Waals surface area contributed by atoms with Crippen molar-refractivity contribution in [3.8, 4) is 0 Å². The highest BCUT2D eigenvalue weighted by Gasteiger charge is 2.21. The Morgan fingerprint density at radius 1 is 0.885 bits per heavy atom. The number of carbonyl (C=O) groups is 1. The van der Waals surface area contributed by atoms with E-state index in [1.54, 1.807) is 62.4 Å². The summed E-state index contributed by atoms with van der Waals surface area (Å²) < 4.78 is 7.78. The van der Waals surface area contributed by atoms with Crippen LogP contribution >= 0.6 is 0 Å². The fourth-order valence-electron chi connectivity index (χ4n) is 3.42. The molecule has 0 radical (unpaired) electrons. The molecule has 6 nitrogen and oxygen atoms in total. The Hall–Kier alpha value is -3.41. The van der Waals surface area contributed by atoms with Crippen LogP contribution in [0, 0.1) is 6.92 Å². The zero-order valence-corrected chi connectivity index (χ0v) is 14.4. The molecule has 4 aromatic rings. The van der Waals surface area contributed by atoms with Crippen molar-refractivity contribution in [2.24, 2.45) is 0 Å². The summed E-state index contributed by atoms with van der Waals surface area (Å²) in [5.74, 6) is -0.517. The monoisotopic (exact) mass is 348 g/mol. The maximum absolute atomic E-state index is 13.1. The van der Waals surface area contributed by atoms with Crippen LogP contribution in [-0.2, 0) is 4.74 Å². The molecule has 130 valence electrons. The summed E-state index contributed by atoms with van der Waals surface area (Å²) in [5.41, 5.74) is 0.479. The highest BCUT2D eigenvalue weighted by Crippen LogP contribution is 2.22. The third-order valence-electron chi connectivity index (χ3n) is 4.53. The van der Waals surface area contributed by atoms with Gasteiger partial charge in [0.1, 0.15) is 0 Å². The Morgan fingerprint density at radius 2 is 1.42 bits per heavy atom. The summed E-state index contributed by atoms with van der Waals surface area (Å²) >= 11 is 0. The van der Waals surface area contributed by atoms with E-state index in [1.165, 1.54) is 9.03 Å². The zero-order valence-electron chi connectivity index (χ0n) is 14.4. The van der Waals surface area contributed by atoms with Crippen molar-refractivity contribution in [3.05, 3.63) is 80.5 Å². The van der Waals surface area contributed by atoms with Gasteiger partial charge in [0.2, 0.25) is 0 Å². The largest absolute Gasteiger partial charge is 0.462 e. The van der Waals surface area contributed by atoms with Crippen LogP contribution in [0.15, 0.2) is 58.1 Å². The molecule has 0 aliphatic carbocycles. The number of aromatic nitrogens is 2. The Labute approximate surface area is 147 Å². The van der Waals surface area contributed by atoms with Crippen molar-refractivity contribution in [1.82, 2.24) is 9.03 Å². The van der Waals surface area contributed by atoms with Crippen LogP contribution in [0.3, 0.4) is 0 Å². The van der Waals surface area contributed by atoms with Gasteiger partial charge in [0, 0.05) is 5.39 Å². The number of carbonyl (C=O) groups excluding carboxylic acids is 1. The number of para-hydroxylation sites is 1. The van der Waals surface area contributed by atoms with Gasteiger partial charge in [-0.2, -0.15) is 0 Å². The zero-order chi connectivity index (χ0) is 18.4. The SMILES string of the molecule is CCOC(=O)c1c(C)n2c(=O)c3ccccc3c(=O)n2c2ccccc12. The van der Waals surface area contributed by atoms with E-state index in [1.807, 2.05) is 0 Å². The van der Waals surface area contributed by atoms with Gasteiger partial charge < -0.3 is 4.74 Å². The molecule has 0 aliphatic rings. The fourth-order valence-corrected chi connectivity index (χ4v) is 3.42. The van der Waals surface area contributed by atoms with E-state index in [4.69, 9.17) is 4.74 Å². The van der Waals surface area contributed by atoms with Crippen molar-refractivity contribution in [1.29, 1.82) is 0 Å². The van der Waals surface area contributed by atoms with Gasteiger partial charge in [0.15, 0.2) is 0 Å². The molecule has 0 amide bonds. The van der Waals surface area contributed by atoms with Crippen LogP contribution < -0.4 is 11.1 Å². The third kappa shape index (κ3) is 2.08. The molecule has 0 saturated carbocycles. The number of hydrogen-bond donors (Lipinski definition) is 0. The van der Waals surface area contributed by atoms with Gasteiger partial charge in [0.05, 0.1) is 34.2 Å². The summed E-state index contributed by atoms with van der Waals surface area (Å²) in [7, 11) is 0. The molecular weight excluding hydrogens is 332 g/mol. The van der Waals surface area contributed by atoms with Crippen LogP contribution in [-0.4, -0.2) is 21.6 Å². The lowest BCUT2D eigenvalue weighted by Gasteiger charge is -2.16. The number of aryl methyl sites for hydroxylation is 1. The van der Waals surface area contributed by atoms with Crippen molar-refractivity contribution in [3.63, 3.8) is 0 Å². The first-order chi connectivity index (χ1) is 12.6. The highest BCUT2D eigenvalue weighted by atomic mass is 16.5. The first-order valence-corrected chi connectivity index (χ1v) is 8.31. The summed E-state index contributed by atoms with van der Waals surface area (Å²) in [6.45, 7) is 3.59. The van der Waals surface area contributed by atoms with Gasteiger partial charge in [0.25, 0.3) is 11.1 Å². The molecule has 26 heavy (non-hydrogen) atoms. The number of nitrogens with zero attached hydrogens (tertiary/aromatic N) is 2. The second-order valence-electron chi connectivity index (χ2n) is 5.98. The van der Waals surface area contributed by atoms with E-state index < -0.39 is 5.97 Å². The molecule has 2 aromatic heterocycles. The smallest absolute Gasteiger partial charge is 0.340 e. The minimum Gasteiger partial charge on any atom is -0.462 e. The van der Waals surface area contributed by atoms with Gasteiger partial charge in [-0.15, -0.1) is 0 Å². The molecule has 0 aliphatic heterocycles. The average molecular weight is 348 g/mol. The molecule has 0 fully saturated rings. The summed E-state index contributed by atoms with van der Waals surface area (Å²) in [6, 6.07) is 13.7. The molecule has 0 N–H and O–H groups in total. The number of ether oxygens (including phenoxy) is 1. The average Bonchev–Trinajstić information content (AvgIpc) is 2.65. The molecule has 4 rings (SSSR count). The number of fused-ring (bicyclic) bond motifs is 4. The molecule has 0 unspecified atom stereocenters. The highest BCUT2D eigenvalue weighted by molar-refractivity contribution is 6.04. The van der Waals surface area contributed by atoms with Gasteiger partial charge >= 0.3 is 5.97 Å². The Balaban J connectivity index is 2.37. The van der Waals surface area contributed by atoms with Crippen LogP contribution in [0.4, 0.5) is 0 Å². The molecule has 0 spiro atoms. The van der Waals surface area contributed by atoms with Crippen LogP contribution in [0.2, 0.25) is 0 Å². The molecule has 0 saturated heterocycles. The van der Waals surface area contributed by atoms with Gasteiger partial charge in [-0.05, 0) is 32.0 Å². The first-order valence-electron chi connectivity index (χ1n) is 8.31. The number of rotatable bonds is 2. The predicted molar refractivity (Wildman–Crippen MR) is 99.1 cm³/mol. The lowest BCUT2D eigenvalue weighted by Crippen LogP contribution is -2.33. The predicted octanol–water partition coefficient (Wildman–Crippen LogP) is 2.55. The van der Waals surface area contributed by atoms with Gasteiger partial charge in [-0.1, -0.05) is 30.3 Å². The summed E-state index contributed by atoms with van der Waals surface area (Å²) in [5, 5.41) is 1.23. The normalized spacial score (nSPS) is 11.3. The Bertz CT molecular complexity index is 1310. The minimum atomic E-state index is -0.517. The number of esters is 1.